The molecule has 4 rings (SSSR count). The number of benzene rings is 2. The Kier molecular flexibility index (Phi) is 2.91. The molecule has 2 aromatic carbocycles. The lowest BCUT2D eigenvalue weighted by atomic mass is 9.66. The molecule has 122 valence electrons. The number of fused-ring (bicyclic) bond motifs is 4. The summed E-state index contributed by atoms with van der Waals surface area (Å²) in [5.74, 6) is 0.142. The van der Waals surface area contributed by atoms with E-state index in [0.717, 1.165) is 27.7 Å². The van der Waals surface area contributed by atoms with E-state index in [1.807, 2.05) is 36.4 Å². The Labute approximate surface area is 142 Å². The molecule has 0 unspecified atom stereocenters. The Bertz CT molecular complexity index is 983. The molecule has 0 radical (unpaired) electrons. The fourth-order valence-electron chi connectivity index (χ4n) is 4.15. The van der Waals surface area contributed by atoms with E-state index in [1.165, 1.54) is 11.1 Å². The fraction of sp³-hybridized carbons (Fsp3) is 0.318. The van der Waals surface area contributed by atoms with Gasteiger partial charge in [-0.3, -0.25) is 4.79 Å². The van der Waals surface area contributed by atoms with Gasteiger partial charge in [-0.1, -0.05) is 71.0 Å². The van der Waals surface area contributed by atoms with Crippen LogP contribution in [0.25, 0.3) is 10.9 Å². The van der Waals surface area contributed by atoms with Gasteiger partial charge >= 0.3 is 0 Å². The fourth-order valence-corrected chi connectivity index (χ4v) is 4.15. The van der Waals surface area contributed by atoms with Gasteiger partial charge in [0.1, 0.15) is 0 Å². The van der Waals surface area contributed by atoms with Crippen LogP contribution in [0, 0.1) is 0 Å². The number of aromatic amines is 1. The molecule has 0 atom stereocenters. The highest BCUT2D eigenvalue weighted by atomic mass is 16.1. The number of para-hydroxylation sites is 1. The van der Waals surface area contributed by atoms with Crippen LogP contribution in [0.1, 0.15) is 67.4 Å². The Hall–Kier alpha value is -2.35. The molecule has 1 heterocycles. The second-order valence-corrected chi connectivity index (χ2v) is 8.35. The quantitative estimate of drug-likeness (QED) is 0.597. The Balaban J connectivity index is 2.13. The Morgan fingerprint density at radius 1 is 0.958 bits per heavy atom. The lowest BCUT2D eigenvalue weighted by Gasteiger charge is -2.37. The van der Waals surface area contributed by atoms with Gasteiger partial charge in [0.2, 0.25) is 0 Å². The molecular weight excluding hydrogens is 294 g/mol. The van der Waals surface area contributed by atoms with Gasteiger partial charge in [-0.15, -0.1) is 0 Å². The van der Waals surface area contributed by atoms with Crippen molar-refractivity contribution >= 4 is 16.7 Å². The normalized spacial score (nSPS) is 16.1. The number of ketones is 1. The number of nitrogens with one attached hydrogen (secondary N) is 1. The van der Waals surface area contributed by atoms with E-state index in [-0.39, 0.29) is 16.6 Å². The molecule has 1 aliphatic rings. The average Bonchev–Trinajstić information content (AvgIpc) is 2.92. The lowest BCUT2D eigenvalue weighted by molar-refractivity contribution is 0.103. The summed E-state index contributed by atoms with van der Waals surface area (Å²) < 4.78 is 0. The van der Waals surface area contributed by atoms with Crippen molar-refractivity contribution in [2.24, 2.45) is 0 Å². The average molecular weight is 317 g/mol. The molecule has 0 saturated carbocycles. The molecule has 3 aromatic rings. The number of hydrogen-bond acceptors (Lipinski definition) is 1. The highest BCUT2D eigenvalue weighted by molar-refractivity contribution is 6.20. The molecule has 1 aliphatic carbocycles. The van der Waals surface area contributed by atoms with Crippen LogP contribution in [0.15, 0.2) is 42.5 Å². The molecule has 0 saturated heterocycles. The van der Waals surface area contributed by atoms with Crippen LogP contribution in [0.5, 0.6) is 0 Å². The highest BCUT2D eigenvalue weighted by Crippen LogP contribution is 2.47. The van der Waals surface area contributed by atoms with Crippen LogP contribution in [0.2, 0.25) is 0 Å². The van der Waals surface area contributed by atoms with E-state index in [1.54, 1.807) is 0 Å². The molecule has 1 N–H and O–H groups in total. The maximum atomic E-state index is 13.3. The van der Waals surface area contributed by atoms with E-state index in [9.17, 15) is 4.79 Å². The van der Waals surface area contributed by atoms with E-state index >= 15 is 0 Å². The van der Waals surface area contributed by atoms with Crippen molar-refractivity contribution in [2.75, 3.05) is 0 Å². The first kappa shape index (κ1) is 15.2. The molecule has 1 aromatic heterocycles. The van der Waals surface area contributed by atoms with Gasteiger partial charge in [-0.25, -0.2) is 0 Å². The molecular formula is C22H23NO. The zero-order chi connectivity index (χ0) is 17.3. The predicted octanol–water partition coefficient (Wildman–Crippen LogP) is 5.34. The summed E-state index contributed by atoms with van der Waals surface area (Å²) in [5.41, 5.74) is 5.95. The zero-order valence-corrected chi connectivity index (χ0v) is 14.9. The van der Waals surface area contributed by atoms with Crippen LogP contribution in [0.4, 0.5) is 0 Å². The molecule has 0 fully saturated rings. The van der Waals surface area contributed by atoms with Gasteiger partial charge in [0.05, 0.1) is 5.56 Å². The number of H-pyrrole nitrogens is 1. The highest BCUT2D eigenvalue weighted by Gasteiger charge is 2.42. The summed E-state index contributed by atoms with van der Waals surface area (Å²) in [6, 6.07) is 14.3. The van der Waals surface area contributed by atoms with Gasteiger partial charge in [-0.05, 0) is 22.6 Å². The first-order valence-corrected chi connectivity index (χ1v) is 8.53. The van der Waals surface area contributed by atoms with Gasteiger partial charge < -0.3 is 4.98 Å². The first-order valence-electron chi connectivity index (χ1n) is 8.53. The van der Waals surface area contributed by atoms with Crippen molar-refractivity contribution in [3.8, 4) is 0 Å². The molecule has 0 amide bonds. The summed E-state index contributed by atoms with van der Waals surface area (Å²) in [6.45, 7) is 11.1. The molecule has 2 nitrogen and oxygen atoms in total. The van der Waals surface area contributed by atoms with Gasteiger partial charge in [-0.2, -0.15) is 0 Å². The van der Waals surface area contributed by atoms with Crippen LogP contribution in [0.3, 0.4) is 0 Å². The lowest BCUT2D eigenvalue weighted by Crippen LogP contribution is -2.34. The van der Waals surface area contributed by atoms with Crippen LogP contribution in [-0.4, -0.2) is 10.8 Å². The maximum Gasteiger partial charge on any atom is 0.195 e. The summed E-state index contributed by atoms with van der Waals surface area (Å²) in [7, 11) is 0. The van der Waals surface area contributed by atoms with Crippen molar-refractivity contribution in [3.63, 3.8) is 0 Å². The minimum atomic E-state index is -0.235. The van der Waals surface area contributed by atoms with Gasteiger partial charge in [0.15, 0.2) is 5.78 Å². The van der Waals surface area contributed by atoms with Crippen LogP contribution in [-0.2, 0) is 10.8 Å². The van der Waals surface area contributed by atoms with Crippen LogP contribution < -0.4 is 0 Å². The minimum absolute atomic E-state index is 0.00753. The van der Waals surface area contributed by atoms with Crippen molar-refractivity contribution in [1.29, 1.82) is 0 Å². The minimum Gasteiger partial charge on any atom is -0.357 e. The zero-order valence-electron chi connectivity index (χ0n) is 14.9. The second-order valence-electron chi connectivity index (χ2n) is 8.35. The molecule has 0 spiro atoms. The summed E-state index contributed by atoms with van der Waals surface area (Å²) in [5, 5.41) is 1.03. The number of aromatic nitrogens is 1. The van der Waals surface area contributed by atoms with E-state index in [2.05, 4.69) is 45.7 Å². The van der Waals surface area contributed by atoms with Gasteiger partial charge in [0, 0.05) is 27.6 Å². The predicted molar refractivity (Wildman–Crippen MR) is 99.0 cm³/mol. The Morgan fingerprint density at radius 3 is 2.38 bits per heavy atom. The summed E-state index contributed by atoms with van der Waals surface area (Å²) in [4.78, 5) is 16.9. The SMILES string of the molecule is CC(C)(C)c1cccc2c1C(C)(C)c1[nH]c3ccccc3c1C2=O. The molecule has 2 heteroatoms. The number of carbonyl (C=O) groups is 1. The van der Waals surface area contributed by atoms with Crippen molar-refractivity contribution in [3.05, 3.63) is 70.4 Å². The third-order valence-corrected chi connectivity index (χ3v) is 5.30. The first-order chi connectivity index (χ1) is 11.2. The number of hydrogen-bond donors (Lipinski definition) is 1. The maximum absolute atomic E-state index is 13.3. The third kappa shape index (κ3) is 1.86. The standard InChI is InChI=1S/C22H23NO/c1-21(2,3)15-11-8-10-14-18(15)22(4,5)20-17(19(14)24)13-9-6-7-12-16(13)23-20/h6-12,23H,1-5H3. The smallest absolute Gasteiger partial charge is 0.195 e. The van der Waals surface area contributed by atoms with Crippen molar-refractivity contribution < 1.29 is 4.79 Å². The van der Waals surface area contributed by atoms with E-state index < -0.39 is 0 Å². The topological polar surface area (TPSA) is 32.9 Å². The third-order valence-electron chi connectivity index (χ3n) is 5.30. The summed E-state index contributed by atoms with van der Waals surface area (Å²) >= 11 is 0. The van der Waals surface area contributed by atoms with Gasteiger partial charge in [0.25, 0.3) is 0 Å². The second kappa shape index (κ2) is 4.60. The summed E-state index contributed by atoms with van der Waals surface area (Å²) in [6.07, 6.45) is 0. The number of rotatable bonds is 0. The molecule has 0 bridgehead atoms. The monoisotopic (exact) mass is 317 g/mol. The largest absolute Gasteiger partial charge is 0.357 e. The van der Waals surface area contributed by atoms with Crippen molar-refractivity contribution in [2.45, 2.75) is 45.4 Å². The molecule has 24 heavy (non-hydrogen) atoms. The van der Waals surface area contributed by atoms with Crippen molar-refractivity contribution in [1.82, 2.24) is 4.98 Å². The van der Waals surface area contributed by atoms with E-state index in [0.29, 0.717) is 0 Å². The number of carbonyl (C=O) groups excluding carboxylic acids is 1. The van der Waals surface area contributed by atoms with E-state index in [4.69, 9.17) is 0 Å². The molecule has 0 aliphatic heterocycles. The van der Waals surface area contributed by atoms with Crippen LogP contribution >= 0.6 is 0 Å². The Morgan fingerprint density at radius 2 is 1.67 bits per heavy atom.